The first-order chi connectivity index (χ1) is 20.1. The molecule has 2 aromatic heterocycles. The molecule has 0 atom stereocenters. The topological polar surface area (TPSA) is 4.93 Å². The molecule has 0 N–H and O–H groups in total. The molecule has 0 bridgehead atoms. The minimum absolute atomic E-state index is 0.0134. The number of hydrogen-bond acceptors (Lipinski definition) is 1. The number of benzene rings is 6. The summed E-state index contributed by atoms with van der Waals surface area (Å²) in [5.74, 6) is 0. The Hall–Kier alpha value is -4.66. The molecule has 0 saturated carbocycles. The Morgan fingerprint density at radius 2 is 1.20 bits per heavy atom. The van der Waals surface area contributed by atoms with Gasteiger partial charge in [0.1, 0.15) is 0 Å². The van der Waals surface area contributed by atoms with E-state index in [9.17, 15) is 0 Å². The Labute approximate surface area is 242 Å². The van der Waals surface area contributed by atoms with Crippen LogP contribution in [0.2, 0.25) is 0 Å². The van der Waals surface area contributed by atoms with E-state index in [0.29, 0.717) is 0 Å². The lowest BCUT2D eigenvalue weighted by molar-refractivity contribution is 0.661. The van der Waals surface area contributed by atoms with Crippen molar-refractivity contribution in [3.63, 3.8) is 0 Å². The first kappa shape index (κ1) is 23.1. The van der Waals surface area contributed by atoms with Crippen LogP contribution in [0.3, 0.4) is 0 Å². The average molecular weight is 542 g/mol. The van der Waals surface area contributed by atoms with Crippen molar-refractivity contribution in [3.8, 4) is 27.9 Å². The summed E-state index contributed by atoms with van der Waals surface area (Å²) in [5, 5.41) is 5.31. The maximum Gasteiger partial charge on any atom is 0.0547 e. The predicted octanol–water partition coefficient (Wildman–Crippen LogP) is 11.1. The van der Waals surface area contributed by atoms with Crippen LogP contribution < -0.4 is 0 Å². The number of thiophene rings is 1. The van der Waals surface area contributed by atoms with Crippen LogP contribution in [0.1, 0.15) is 25.0 Å². The van der Waals surface area contributed by atoms with E-state index >= 15 is 0 Å². The normalized spacial score (nSPS) is 13.8. The standard InChI is InChI=1S/C39H27NS/c1-39(2)33-12-6-3-9-27(33)31-23-36-32(22-34(31)39)28-10-4-7-13-35(28)40(36)26-18-15-24(16-19-26)25-17-20-30-29-11-5-8-14-37(29)41-38(30)21-25/h3-23H,1-2H3. The Morgan fingerprint density at radius 3 is 2.07 bits per heavy atom. The number of para-hydroxylation sites is 1. The third kappa shape index (κ3) is 3.17. The third-order valence-electron chi connectivity index (χ3n) is 9.21. The van der Waals surface area contributed by atoms with Crippen molar-refractivity contribution in [1.82, 2.24) is 4.57 Å². The molecule has 0 aliphatic heterocycles. The van der Waals surface area contributed by atoms with Crippen molar-refractivity contribution in [3.05, 3.63) is 139 Å². The van der Waals surface area contributed by atoms with Crippen LogP contribution in [0.5, 0.6) is 0 Å². The van der Waals surface area contributed by atoms with Crippen LogP contribution in [0.15, 0.2) is 127 Å². The van der Waals surface area contributed by atoms with E-state index in [1.807, 2.05) is 11.3 Å². The molecular formula is C39H27NS. The van der Waals surface area contributed by atoms with Crippen molar-refractivity contribution >= 4 is 53.3 Å². The van der Waals surface area contributed by atoms with Crippen molar-refractivity contribution in [2.45, 2.75) is 19.3 Å². The molecule has 0 amide bonds. The smallest absolute Gasteiger partial charge is 0.0547 e. The van der Waals surface area contributed by atoms with Gasteiger partial charge in [0.2, 0.25) is 0 Å². The van der Waals surface area contributed by atoms with Crippen LogP contribution in [-0.4, -0.2) is 4.57 Å². The van der Waals surface area contributed by atoms with Crippen molar-refractivity contribution in [1.29, 1.82) is 0 Å². The molecule has 8 aromatic rings. The van der Waals surface area contributed by atoms with Crippen LogP contribution in [-0.2, 0) is 5.41 Å². The zero-order valence-corrected chi connectivity index (χ0v) is 23.8. The minimum atomic E-state index is -0.0134. The molecule has 41 heavy (non-hydrogen) atoms. The second-order valence-corrected chi connectivity index (χ2v) is 12.9. The molecule has 0 spiro atoms. The molecule has 2 heterocycles. The van der Waals surface area contributed by atoms with Gasteiger partial charge in [-0.2, -0.15) is 0 Å². The molecular weight excluding hydrogens is 515 g/mol. The summed E-state index contributed by atoms with van der Waals surface area (Å²) in [6, 6.07) is 47.3. The second-order valence-electron chi connectivity index (χ2n) is 11.8. The number of rotatable bonds is 2. The van der Waals surface area contributed by atoms with Gasteiger partial charge in [-0.1, -0.05) is 98.8 Å². The van der Waals surface area contributed by atoms with Gasteiger partial charge in [-0.3, -0.25) is 0 Å². The Morgan fingerprint density at radius 1 is 0.488 bits per heavy atom. The van der Waals surface area contributed by atoms with Gasteiger partial charge in [-0.05, 0) is 75.8 Å². The Bertz CT molecular complexity index is 2330. The zero-order valence-electron chi connectivity index (χ0n) is 23.0. The van der Waals surface area contributed by atoms with E-state index in [2.05, 4.69) is 146 Å². The first-order valence-corrected chi connectivity index (χ1v) is 15.1. The molecule has 2 heteroatoms. The SMILES string of the molecule is CC1(C)c2ccccc2-c2cc3c(cc21)c1ccccc1n3-c1ccc(-c2ccc3c(c2)sc2ccccc23)cc1. The van der Waals surface area contributed by atoms with Crippen LogP contribution in [0, 0.1) is 0 Å². The summed E-state index contributed by atoms with van der Waals surface area (Å²) in [6.45, 7) is 4.72. The number of fused-ring (bicyclic) bond motifs is 9. The van der Waals surface area contributed by atoms with Gasteiger partial charge in [-0.15, -0.1) is 11.3 Å². The average Bonchev–Trinajstić information content (AvgIpc) is 3.62. The van der Waals surface area contributed by atoms with E-state index in [1.165, 1.54) is 81.0 Å². The summed E-state index contributed by atoms with van der Waals surface area (Å²) in [4.78, 5) is 0. The molecule has 1 aliphatic rings. The van der Waals surface area contributed by atoms with Gasteiger partial charge >= 0.3 is 0 Å². The predicted molar refractivity (Wildman–Crippen MR) is 177 cm³/mol. The molecule has 1 aliphatic carbocycles. The highest BCUT2D eigenvalue weighted by Gasteiger charge is 2.36. The maximum atomic E-state index is 2.46. The van der Waals surface area contributed by atoms with Gasteiger partial charge in [0, 0.05) is 42.0 Å². The van der Waals surface area contributed by atoms with Gasteiger partial charge in [0.25, 0.3) is 0 Å². The largest absolute Gasteiger partial charge is 0.309 e. The van der Waals surface area contributed by atoms with Gasteiger partial charge < -0.3 is 4.57 Å². The molecule has 6 aromatic carbocycles. The fraction of sp³-hybridized carbons (Fsp3) is 0.0769. The minimum Gasteiger partial charge on any atom is -0.309 e. The summed E-state index contributed by atoms with van der Waals surface area (Å²) in [5.41, 5.74) is 11.7. The van der Waals surface area contributed by atoms with Gasteiger partial charge in [0.15, 0.2) is 0 Å². The second kappa shape index (κ2) is 8.19. The molecule has 1 nitrogen and oxygen atoms in total. The fourth-order valence-corrected chi connectivity index (χ4v) is 8.30. The van der Waals surface area contributed by atoms with Crippen molar-refractivity contribution in [2.24, 2.45) is 0 Å². The molecule has 9 rings (SSSR count). The molecule has 0 fully saturated rings. The van der Waals surface area contributed by atoms with Crippen molar-refractivity contribution in [2.75, 3.05) is 0 Å². The van der Waals surface area contributed by atoms with E-state index in [-0.39, 0.29) is 5.41 Å². The Kier molecular flexibility index (Phi) is 4.61. The van der Waals surface area contributed by atoms with Crippen LogP contribution in [0.25, 0.3) is 69.9 Å². The van der Waals surface area contributed by atoms with Crippen molar-refractivity contribution < 1.29 is 0 Å². The maximum absolute atomic E-state index is 2.46. The van der Waals surface area contributed by atoms with E-state index in [0.717, 1.165) is 0 Å². The molecule has 0 unspecified atom stereocenters. The lowest BCUT2D eigenvalue weighted by Crippen LogP contribution is -2.14. The van der Waals surface area contributed by atoms with Crippen LogP contribution >= 0.6 is 11.3 Å². The third-order valence-corrected chi connectivity index (χ3v) is 10.3. The number of hydrogen-bond donors (Lipinski definition) is 0. The number of aromatic nitrogens is 1. The lowest BCUT2D eigenvalue weighted by atomic mass is 9.82. The number of nitrogens with zero attached hydrogens (tertiary/aromatic N) is 1. The molecule has 0 radical (unpaired) electrons. The van der Waals surface area contributed by atoms with E-state index in [4.69, 9.17) is 0 Å². The first-order valence-electron chi connectivity index (χ1n) is 14.3. The quantitative estimate of drug-likeness (QED) is 0.205. The monoisotopic (exact) mass is 541 g/mol. The highest BCUT2D eigenvalue weighted by atomic mass is 32.1. The molecule has 194 valence electrons. The van der Waals surface area contributed by atoms with E-state index in [1.54, 1.807) is 0 Å². The Balaban J connectivity index is 1.22. The highest BCUT2D eigenvalue weighted by Crippen LogP contribution is 2.51. The van der Waals surface area contributed by atoms with Gasteiger partial charge in [-0.25, -0.2) is 0 Å². The lowest BCUT2D eigenvalue weighted by Gasteiger charge is -2.21. The summed E-state index contributed by atoms with van der Waals surface area (Å²) in [6.07, 6.45) is 0. The highest BCUT2D eigenvalue weighted by molar-refractivity contribution is 7.25. The van der Waals surface area contributed by atoms with Gasteiger partial charge in [0.05, 0.1) is 11.0 Å². The van der Waals surface area contributed by atoms with E-state index < -0.39 is 0 Å². The summed E-state index contributed by atoms with van der Waals surface area (Å²) >= 11 is 1.88. The van der Waals surface area contributed by atoms with Crippen LogP contribution in [0.4, 0.5) is 0 Å². The summed E-state index contributed by atoms with van der Waals surface area (Å²) in [7, 11) is 0. The molecule has 0 saturated heterocycles. The fourth-order valence-electron chi connectivity index (χ4n) is 7.15. The zero-order chi connectivity index (χ0) is 27.3. The summed E-state index contributed by atoms with van der Waals surface area (Å²) < 4.78 is 5.13.